The zero-order valence-corrected chi connectivity index (χ0v) is 58.3. The first-order valence-corrected chi connectivity index (χ1v) is 38.4. The molecule has 0 fully saturated rings. The number of esters is 4. The Labute approximate surface area is 530 Å². The van der Waals surface area contributed by atoms with Crippen LogP contribution in [0.15, 0.2) is 0 Å². The topological polar surface area (TPSA) is 237 Å². The lowest BCUT2D eigenvalue weighted by molar-refractivity contribution is -0.161. The monoisotopic (exact) mass is 1280 g/mol. The van der Waals surface area contributed by atoms with Crippen LogP contribution in [-0.2, 0) is 65.4 Å². The minimum Gasteiger partial charge on any atom is -0.462 e. The molecule has 19 heteroatoms. The van der Waals surface area contributed by atoms with Gasteiger partial charge < -0.3 is 33.8 Å². The van der Waals surface area contributed by atoms with Gasteiger partial charge in [-0.05, 0) is 43.4 Å². The molecule has 0 bridgehead atoms. The van der Waals surface area contributed by atoms with E-state index in [2.05, 4.69) is 48.5 Å². The van der Waals surface area contributed by atoms with Gasteiger partial charge in [0, 0.05) is 25.7 Å². The highest BCUT2D eigenvalue weighted by Gasteiger charge is 2.30. The first-order chi connectivity index (χ1) is 41.8. The van der Waals surface area contributed by atoms with Crippen molar-refractivity contribution in [2.45, 2.75) is 356 Å². The molecule has 87 heavy (non-hydrogen) atoms. The fourth-order valence-electron chi connectivity index (χ4n) is 10.2. The molecule has 17 nitrogen and oxygen atoms in total. The van der Waals surface area contributed by atoms with Crippen LogP contribution in [0.4, 0.5) is 0 Å². The number of ether oxygens (including phenoxy) is 4. The van der Waals surface area contributed by atoms with Crippen LogP contribution in [0.5, 0.6) is 0 Å². The number of phosphoric acid groups is 2. The summed E-state index contributed by atoms with van der Waals surface area (Å²) in [6.07, 6.45) is 41.7. The molecular formula is C68H132O17P2. The summed E-state index contributed by atoms with van der Waals surface area (Å²) in [5.74, 6) is 0.0961. The van der Waals surface area contributed by atoms with Gasteiger partial charge in [0.15, 0.2) is 12.2 Å². The molecule has 6 atom stereocenters. The molecule has 3 unspecified atom stereocenters. The van der Waals surface area contributed by atoms with Crippen LogP contribution in [0.2, 0.25) is 0 Å². The smallest absolute Gasteiger partial charge is 0.462 e. The van der Waals surface area contributed by atoms with Gasteiger partial charge in [0.1, 0.15) is 19.3 Å². The Morgan fingerprint density at radius 3 is 0.874 bits per heavy atom. The Morgan fingerprint density at radius 1 is 0.333 bits per heavy atom. The van der Waals surface area contributed by atoms with Crippen molar-refractivity contribution >= 4 is 39.5 Å². The fourth-order valence-corrected chi connectivity index (χ4v) is 11.7. The number of phosphoric ester groups is 2. The number of aliphatic hydroxyl groups excluding tert-OH is 1. The minimum atomic E-state index is -4.95. The summed E-state index contributed by atoms with van der Waals surface area (Å²) < 4.78 is 68.2. The largest absolute Gasteiger partial charge is 0.472 e. The summed E-state index contributed by atoms with van der Waals surface area (Å²) >= 11 is 0. The molecule has 0 spiro atoms. The van der Waals surface area contributed by atoms with E-state index in [1.54, 1.807) is 0 Å². The number of carbonyl (C=O) groups excluding carboxylic acids is 4. The molecular weight excluding hydrogens is 1150 g/mol. The van der Waals surface area contributed by atoms with Gasteiger partial charge in [-0.3, -0.25) is 37.3 Å². The van der Waals surface area contributed by atoms with E-state index in [0.717, 1.165) is 108 Å². The molecule has 0 aromatic rings. The van der Waals surface area contributed by atoms with Gasteiger partial charge >= 0.3 is 39.5 Å². The zero-order chi connectivity index (χ0) is 64.5. The van der Waals surface area contributed by atoms with Crippen LogP contribution in [-0.4, -0.2) is 96.7 Å². The van der Waals surface area contributed by atoms with Crippen LogP contribution in [0.25, 0.3) is 0 Å². The minimum absolute atomic E-state index is 0.105. The molecule has 0 aliphatic heterocycles. The van der Waals surface area contributed by atoms with Crippen LogP contribution in [0.1, 0.15) is 337 Å². The SMILES string of the molecule is CCCCCCCCCCCCCCC(=O)O[C@H](COC(=O)CCCCCCCCC(C)C)COP(=O)(O)OC[C@H](O)COP(=O)(O)OC[C@@H](COC(=O)CCCCCCCCCCCC(C)C)OC(=O)CCCCCCCCCCCCC(C)CC. The second-order valence-electron chi connectivity index (χ2n) is 25.8. The number of carbonyl (C=O) groups is 4. The molecule has 0 radical (unpaired) electrons. The third kappa shape index (κ3) is 61.3. The van der Waals surface area contributed by atoms with Crippen molar-refractivity contribution in [2.75, 3.05) is 39.6 Å². The average molecular weight is 1280 g/mol. The van der Waals surface area contributed by atoms with Crippen molar-refractivity contribution < 1.29 is 80.2 Å². The highest BCUT2D eigenvalue weighted by Crippen LogP contribution is 2.45. The summed E-state index contributed by atoms with van der Waals surface area (Å²) in [6.45, 7) is 11.8. The normalized spacial score (nSPS) is 14.6. The van der Waals surface area contributed by atoms with E-state index >= 15 is 0 Å². The Balaban J connectivity index is 5.26. The van der Waals surface area contributed by atoms with E-state index in [4.69, 9.17) is 37.0 Å². The van der Waals surface area contributed by atoms with Gasteiger partial charge in [-0.2, -0.15) is 0 Å². The van der Waals surface area contributed by atoms with Crippen molar-refractivity contribution in [3.05, 3.63) is 0 Å². The van der Waals surface area contributed by atoms with E-state index in [0.29, 0.717) is 31.6 Å². The molecule has 0 saturated heterocycles. The van der Waals surface area contributed by atoms with Crippen LogP contribution in [0.3, 0.4) is 0 Å². The molecule has 0 heterocycles. The summed E-state index contributed by atoms with van der Waals surface area (Å²) in [7, 11) is -9.90. The molecule has 0 aliphatic rings. The maximum atomic E-state index is 13.0. The number of hydrogen-bond donors (Lipinski definition) is 3. The lowest BCUT2D eigenvalue weighted by Crippen LogP contribution is -2.30. The van der Waals surface area contributed by atoms with E-state index in [-0.39, 0.29) is 25.7 Å². The zero-order valence-electron chi connectivity index (χ0n) is 56.5. The molecule has 0 rings (SSSR count). The Bertz CT molecular complexity index is 1720. The van der Waals surface area contributed by atoms with Gasteiger partial charge in [0.2, 0.25) is 0 Å². The first-order valence-electron chi connectivity index (χ1n) is 35.4. The number of hydrogen-bond acceptors (Lipinski definition) is 15. The molecule has 0 amide bonds. The standard InChI is InChI=1S/C68H132O17P2/c1-8-10-11-12-13-14-15-16-22-28-37-44-51-67(72)85-64(56-79-66(71)50-43-36-31-30-33-40-47-60(5)6)58-83-87(76,77)81-54-62(69)53-80-86(74,75)82-57-63(55-78-65(70)49-42-35-27-24-19-20-25-32-39-46-59(3)4)84-68(73)52-45-38-29-23-18-17-21-26-34-41-48-61(7)9-2/h59-64,69H,8-58H2,1-7H3,(H,74,75)(H,76,77)/t61?,62-,63-,64-/m1/s1. The van der Waals surface area contributed by atoms with E-state index < -0.39 is 97.5 Å². The Morgan fingerprint density at radius 2 is 0.586 bits per heavy atom. The quantitative estimate of drug-likeness (QED) is 0.0222. The van der Waals surface area contributed by atoms with E-state index in [1.165, 1.54) is 141 Å². The summed E-state index contributed by atoms with van der Waals surface area (Å²) in [5, 5.41) is 10.6. The maximum Gasteiger partial charge on any atom is 0.472 e. The van der Waals surface area contributed by atoms with Gasteiger partial charge in [-0.1, -0.05) is 286 Å². The molecule has 516 valence electrons. The number of rotatable bonds is 66. The van der Waals surface area contributed by atoms with E-state index in [1.807, 2.05) is 0 Å². The highest BCUT2D eigenvalue weighted by atomic mass is 31.2. The lowest BCUT2D eigenvalue weighted by atomic mass is 9.99. The van der Waals surface area contributed by atoms with Crippen molar-refractivity contribution in [3.63, 3.8) is 0 Å². The van der Waals surface area contributed by atoms with Gasteiger partial charge in [0.05, 0.1) is 26.4 Å². The summed E-state index contributed by atoms with van der Waals surface area (Å²) in [6, 6.07) is 0. The molecule has 3 N–H and O–H groups in total. The maximum absolute atomic E-state index is 13.0. The fraction of sp³-hybridized carbons (Fsp3) is 0.941. The number of aliphatic hydroxyl groups is 1. The molecule has 0 aromatic carbocycles. The van der Waals surface area contributed by atoms with Crippen molar-refractivity contribution in [2.24, 2.45) is 17.8 Å². The Hall–Kier alpha value is -1.94. The molecule has 0 aromatic heterocycles. The van der Waals surface area contributed by atoms with Crippen molar-refractivity contribution in [1.29, 1.82) is 0 Å². The summed E-state index contributed by atoms with van der Waals surface area (Å²) in [4.78, 5) is 72.4. The van der Waals surface area contributed by atoms with Gasteiger partial charge in [-0.25, -0.2) is 9.13 Å². The van der Waals surface area contributed by atoms with Crippen molar-refractivity contribution in [1.82, 2.24) is 0 Å². The van der Waals surface area contributed by atoms with E-state index in [9.17, 15) is 43.2 Å². The third-order valence-corrected chi connectivity index (χ3v) is 17.9. The second kappa shape index (κ2) is 59.1. The molecule has 0 aliphatic carbocycles. The van der Waals surface area contributed by atoms with Crippen LogP contribution < -0.4 is 0 Å². The third-order valence-electron chi connectivity index (χ3n) is 16.0. The van der Waals surface area contributed by atoms with Crippen LogP contribution >= 0.6 is 15.6 Å². The first kappa shape index (κ1) is 85.1. The second-order valence-corrected chi connectivity index (χ2v) is 28.7. The highest BCUT2D eigenvalue weighted by molar-refractivity contribution is 7.47. The predicted molar refractivity (Wildman–Crippen MR) is 349 cm³/mol. The predicted octanol–water partition coefficient (Wildman–Crippen LogP) is 19.1. The number of unbranched alkanes of at least 4 members (excludes halogenated alkanes) is 33. The summed E-state index contributed by atoms with van der Waals surface area (Å²) in [5.41, 5.74) is 0. The molecule has 0 saturated carbocycles. The van der Waals surface area contributed by atoms with Gasteiger partial charge in [-0.15, -0.1) is 0 Å². The van der Waals surface area contributed by atoms with Crippen LogP contribution in [0, 0.1) is 17.8 Å². The van der Waals surface area contributed by atoms with Gasteiger partial charge in [0.25, 0.3) is 0 Å². The van der Waals surface area contributed by atoms with Crippen molar-refractivity contribution in [3.8, 4) is 0 Å². The lowest BCUT2D eigenvalue weighted by Gasteiger charge is -2.21. The average Bonchev–Trinajstić information content (AvgIpc) is 3.64. The Kier molecular flexibility index (Phi) is 57.8.